The molecule has 1 atom stereocenters. The second-order valence-electron chi connectivity index (χ2n) is 2.36. The summed E-state index contributed by atoms with van der Waals surface area (Å²) in [7, 11) is -3.56. The molecule has 13 heavy (non-hydrogen) atoms. The third-order valence-electron chi connectivity index (χ3n) is 1.60. The summed E-state index contributed by atoms with van der Waals surface area (Å²) < 4.78 is 35.4. The smallest absolute Gasteiger partial charge is 0.731 e. The number of nitrogens with zero attached hydrogens (tertiary/aromatic N) is 1. The number of hydrogen-bond acceptors (Lipinski definition) is 6. The van der Waals surface area contributed by atoms with E-state index in [0.29, 0.717) is 0 Å². The van der Waals surface area contributed by atoms with Crippen LogP contribution in [0.3, 0.4) is 0 Å². The Bertz CT molecular complexity index is 316. The van der Waals surface area contributed by atoms with E-state index in [0.717, 1.165) is 7.11 Å². The van der Waals surface area contributed by atoms with Crippen molar-refractivity contribution < 1.29 is 52.1 Å². The van der Waals surface area contributed by atoms with Crippen LogP contribution in [-0.4, -0.2) is 42.6 Å². The molecular weight excluding hydrogens is 211 g/mol. The maximum absolute atomic E-state index is 10.9. The van der Waals surface area contributed by atoms with E-state index in [1.54, 1.807) is 0 Å². The average Bonchev–Trinajstić information content (AvgIpc) is 1.96. The fourth-order valence-electron chi connectivity index (χ4n) is 0.805. The molecular formula is C4H7N2NaO5S. The van der Waals surface area contributed by atoms with E-state index in [1.807, 2.05) is 0 Å². The van der Waals surface area contributed by atoms with E-state index >= 15 is 0 Å². The van der Waals surface area contributed by atoms with E-state index in [9.17, 15) is 17.8 Å². The Morgan fingerprint density at radius 2 is 2.15 bits per heavy atom. The molecule has 1 rings (SSSR count). The molecule has 70 valence electrons. The number of amides is 1. The molecule has 1 unspecified atom stereocenters. The van der Waals surface area contributed by atoms with Crippen molar-refractivity contribution in [1.82, 2.24) is 4.31 Å². The number of hydrogen-bond donors (Lipinski definition) is 1. The standard InChI is InChI=1S/C4H8N2O5S.Na/c1-11-4(5)2-6(3(4)7)12(8,9)10;/h2,5H2,1H3,(H,8,9,10);/q;+1/p-1. The Morgan fingerprint density at radius 1 is 1.69 bits per heavy atom. The summed E-state index contributed by atoms with van der Waals surface area (Å²) in [5.74, 6) is -1.03. The average molecular weight is 218 g/mol. The largest absolute Gasteiger partial charge is 1.00 e. The van der Waals surface area contributed by atoms with Gasteiger partial charge in [-0.15, -0.1) is 0 Å². The van der Waals surface area contributed by atoms with Gasteiger partial charge in [0.15, 0.2) is 10.3 Å². The zero-order valence-corrected chi connectivity index (χ0v) is 10.00. The van der Waals surface area contributed by atoms with Crippen molar-refractivity contribution in [3.8, 4) is 0 Å². The van der Waals surface area contributed by atoms with Crippen LogP contribution in [0.5, 0.6) is 0 Å². The van der Waals surface area contributed by atoms with Crippen molar-refractivity contribution in [3.63, 3.8) is 0 Å². The SMILES string of the molecule is COC1(N)CN(S(=O)(=O)[O-])C1=O.[Na+]. The minimum Gasteiger partial charge on any atom is -0.731 e. The van der Waals surface area contributed by atoms with E-state index in [1.165, 1.54) is 0 Å². The molecule has 0 spiro atoms. The van der Waals surface area contributed by atoms with Gasteiger partial charge in [0, 0.05) is 7.11 Å². The second kappa shape index (κ2) is 3.81. The van der Waals surface area contributed by atoms with E-state index in [2.05, 4.69) is 4.74 Å². The van der Waals surface area contributed by atoms with Gasteiger partial charge in [-0.2, -0.15) is 0 Å². The maximum Gasteiger partial charge on any atom is 1.00 e. The molecule has 0 bridgehead atoms. The summed E-state index contributed by atoms with van der Waals surface area (Å²) in [6, 6.07) is 0. The van der Waals surface area contributed by atoms with Crippen LogP contribution in [0.2, 0.25) is 0 Å². The molecule has 1 amide bonds. The van der Waals surface area contributed by atoms with Gasteiger partial charge >= 0.3 is 29.6 Å². The van der Waals surface area contributed by atoms with Crippen LogP contribution in [-0.2, 0) is 19.8 Å². The second-order valence-corrected chi connectivity index (χ2v) is 3.66. The van der Waals surface area contributed by atoms with Crippen LogP contribution < -0.4 is 35.3 Å². The number of ether oxygens (including phenoxy) is 1. The van der Waals surface area contributed by atoms with Gasteiger partial charge < -0.3 is 9.29 Å². The molecule has 1 heterocycles. The number of nitrogens with two attached hydrogens (primary N) is 1. The summed E-state index contributed by atoms with van der Waals surface area (Å²) >= 11 is 0. The molecule has 0 aromatic heterocycles. The predicted octanol–water partition coefficient (Wildman–Crippen LogP) is -5.41. The van der Waals surface area contributed by atoms with Crippen molar-refractivity contribution in [3.05, 3.63) is 0 Å². The van der Waals surface area contributed by atoms with Gasteiger partial charge in [0.1, 0.15) is 0 Å². The number of carbonyl (C=O) groups excluding carboxylic acids is 1. The Morgan fingerprint density at radius 3 is 2.38 bits per heavy atom. The summed E-state index contributed by atoms with van der Waals surface area (Å²) in [6.07, 6.45) is 0. The molecule has 1 saturated heterocycles. The maximum atomic E-state index is 10.9. The van der Waals surface area contributed by atoms with E-state index in [4.69, 9.17) is 5.73 Å². The van der Waals surface area contributed by atoms with Gasteiger partial charge in [-0.25, -0.2) is 12.7 Å². The summed E-state index contributed by atoms with van der Waals surface area (Å²) in [5.41, 5.74) is 3.57. The van der Waals surface area contributed by atoms with Crippen LogP contribution >= 0.6 is 0 Å². The first kappa shape index (κ1) is 13.3. The van der Waals surface area contributed by atoms with Crippen LogP contribution in [0.25, 0.3) is 0 Å². The normalized spacial score (nSPS) is 27.9. The van der Waals surface area contributed by atoms with Crippen molar-refractivity contribution in [2.45, 2.75) is 5.72 Å². The Hall–Kier alpha value is 0.300. The Kier molecular flexibility index (Phi) is 3.90. The molecule has 1 fully saturated rings. The molecule has 2 N–H and O–H groups in total. The molecule has 0 aliphatic carbocycles. The molecule has 0 saturated carbocycles. The first-order valence-corrected chi connectivity index (χ1v) is 4.30. The Balaban J connectivity index is 0.00000144. The molecule has 0 aromatic rings. The van der Waals surface area contributed by atoms with Crippen molar-refractivity contribution in [2.75, 3.05) is 13.7 Å². The van der Waals surface area contributed by atoms with E-state index in [-0.39, 0.29) is 33.9 Å². The number of carbonyl (C=O) groups is 1. The first-order valence-electron chi connectivity index (χ1n) is 2.93. The number of methoxy groups -OCH3 is 1. The zero-order chi connectivity index (χ0) is 9.57. The molecule has 9 heteroatoms. The van der Waals surface area contributed by atoms with Gasteiger partial charge in [0.25, 0.3) is 5.91 Å². The van der Waals surface area contributed by atoms with Crippen LogP contribution in [0.1, 0.15) is 0 Å². The molecule has 0 radical (unpaired) electrons. The minimum atomic E-state index is -4.72. The van der Waals surface area contributed by atoms with Crippen LogP contribution in [0.4, 0.5) is 0 Å². The van der Waals surface area contributed by atoms with Gasteiger partial charge in [-0.1, -0.05) is 0 Å². The van der Waals surface area contributed by atoms with Crippen molar-refractivity contribution in [2.24, 2.45) is 5.73 Å². The third-order valence-corrected chi connectivity index (χ3v) is 2.44. The molecule has 1 aliphatic rings. The topological polar surface area (TPSA) is 113 Å². The fourth-order valence-corrected chi connectivity index (χ4v) is 1.51. The van der Waals surface area contributed by atoms with E-state index < -0.39 is 28.5 Å². The molecule has 7 nitrogen and oxygen atoms in total. The van der Waals surface area contributed by atoms with Gasteiger partial charge in [-0.05, 0) is 0 Å². The first-order chi connectivity index (χ1) is 5.31. The van der Waals surface area contributed by atoms with Crippen molar-refractivity contribution >= 4 is 16.2 Å². The number of β-lactam (4-membered cyclic amide) rings is 1. The Labute approximate surface area is 97.4 Å². The minimum absolute atomic E-state index is 0. The molecule has 1 aliphatic heterocycles. The number of rotatable bonds is 2. The van der Waals surface area contributed by atoms with Gasteiger partial charge in [0.2, 0.25) is 5.72 Å². The van der Waals surface area contributed by atoms with Crippen LogP contribution in [0.15, 0.2) is 0 Å². The summed E-state index contributed by atoms with van der Waals surface area (Å²) in [4.78, 5) is 10.9. The van der Waals surface area contributed by atoms with Crippen LogP contribution in [0, 0.1) is 0 Å². The quantitative estimate of drug-likeness (QED) is 0.214. The predicted molar refractivity (Wildman–Crippen MR) is 35.3 cm³/mol. The van der Waals surface area contributed by atoms with Gasteiger partial charge in [0.05, 0.1) is 6.54 Å². The fraction of sp³-hybridized carbons (Fsp3) is 0.750. The van der Waals surface area contributed by atoms with Crippen molar-refractivity contribution in [1.29, 1.82) is 0 Å². The summed E-state index contributed by atoms with van der Waals surface area (Å²) in [6.45, 7) is -0.422. The zero-order valence-electron chi connectivity index (χ0n) is 7.18. The van der Waals surface area contributed by atoms with Gasteiger partial charge in [-0.3, -0.25) is 10.5 Å². The summed E-state index contributed by atoms with van der Waals surface area (Å²) in [5, 5.41) is 0. The third kappa shape index (κ3) is 2.21. The monoisotopic (exact) mass is 218 g/mol. The molecule has 0 aromatic carbocycles.